The average molecular weight is 337 g/mol. The summed E-state index contributed by atoms with van der Waals surface area (Å²) < 4.78 is 0. The van der Waals surface area contributed by atoms with E-state index < -0.39 is 0 Å². The van der Waals surface area contributed by atoms with Crippen molar-refractivity contribution >= 4 is 40.5 Å². The van der Waals surface area contributed by atoms with Crippen LogP contribution >= 0.6 is 23.2 Å². The Labute approximate surface area is 140 Å². The fourth-order valence-corrected chi connectivity index (χ4v) is 2.48. The van der Waals surface area contributed by atoms with Gasteiger partial charge in [-0.1, -0.05) is 35.3 Å². The van der Waals surface area contributed by atoms with Gasteiger partial charge in [0.25, 0.3) is 0 Å². The molecule has 0 spiro atoms. The van der Waals surface area contributed by atoms with Crippen LogP contribution in [0, 0.1) is 13.8 Å². The monoisotopic (exact) mass is 336 g/mol. The third-order valence-electron chi connectivity index (χ3n) is 3.42. The Morgan fingerprint density at radius 3 is 2.36 bits per heavy atom. The second kappa shape index (κ2) is 7.52. The Morgan fingerprint density at radius 1 is 1.05 bits per heavy atom. The molecular weight excluding hydrogens is 319 g/mol. The second-order valence-corrected chi connectivity index (χ2v) is 5.94. The van der Waals surface area contributed by atoms with Crippen molar-refractivity contribution in [3.8, 4) is 0 Å². The SMILES string of the molecule is Cc1ccc(NCCC(=O)Nc2c(Cl)cccc2Cl)cc1C. The molecule has 0 aliphatic heterocycles. The van der Waals surface area contributed by atoms with Gasteiger partial charge in [-0.25, -0.2) is 0 Å². The molecule has 0 bridgehead atoms. The molecule has 0 aliphatic carbocycles. The molecule has 1 amide bonds. The number of nitrogens with one attached hydrogen (secondary N) is 2. The first-order valence-electron chi connectivity index (χ1n) is 7.02. The number of benzene rings is 2. The van der Waals surface area contributed by atoms with Crippen molar-refractivity contribution in [3.05, 3.63) is 57.6 Å². The van der Waals surface area contributed by atoms with Crippen molar-refractivity contribution in [3.63, 3.8) is 0 Å². The van der Waals surface area contributed by atoms with Crippen LogP contribution in [0.5, 0.6) is 0 Å². The number of halogens is 2. The van der Waals surface area contributed by atoms with E-state index in [9.17, 15) is 4.79 Å². The number of amides is 1. The lowest BCUT2D eigenvalue weighted by molar-refractivity contribution is -0.115. The van der Waals surface area contributed by atoms with Gasteiger partial charge in [-0.05, 0) is 49.2 Å². The zero-order valence-corrected chi connectivity index (χ0v) is 14.1. The molecule has 22 heavy (non-hydrogen) atoms. The van der Waals surface area contributed by atoms with Crippen molar-refractivity contribution in [2.75, 3.05) is 17.2 Å². The van der Waals surface area contributed by atoms with E-state index in [2.05, 4.69) is 36.6 Å². The van der Waals surface area contributed by atoms with Crippen LogP contribution < -0.4 is 10.6 Å². The van der Waals surface area contributed by atoms with E-state index in [1.807, 2.05) is 6.07 Å². The van der Waals surface area contributed by atoms with Crippen molar-refractivity contribution in [1.29, 1.82) is 0 Å². The number of hydrogen-bond donors (Lipinski definition) is 2. The number of carbonyl (C=O) groups is 1. The molecule has 0 fully saturated rings. The Kier molecular flexibility index (Phi) is 5.69. The van der Waals surface area contributed by atoms with Crippen LogP contribution in [-0.4, -0.2) is 12.5 Å². The normalized spacial score (nSPS) is 10.4. The highest BCUT2D eigenvalue weighted by atomic mass is 35.5. The number of para-hydroxylation sites is 1. The summed E-state index contributed by atoms with van der Waals surface area (Å²) in [5.41, 5.74) is 3.93. The summed E-state index contributed by atoms with van der Waals surface area (Å²) >= 11 is 12.0. The van der Waals surface area contributed by atoms with E-state index in [0.29, 0.717) is 28.7 Å². The molecule has 0 saturated heterocycles. The highest BCUT2D eigenvalue weighted by molar-refractivity contribution is 6.39. The minimum Gasteiger partial charge on any atom is -0.385 e. The first kappa shape index (κ1) is 16.7. The van der Waals surface area contributed by atoms with Crippen LogP contribution in [0.15, 0.2) is 36.4 Å². The molecule has 5 heteroatoms. The summed E-state index contributed by atoms with van der Waals surface area (Å²) in [7, 11) is 0. The molecule has 2 rings (SSSR count). The Morgan fingerprint density at radius 2 is 1.73 bits per heavy atom. The summed E-state index contributed by atoms with van der Waals surface area (Å²) in [4.78, 5) is 12.0. The Bertz CT molecular complexity index is 666. The number of hydrogen-bond acceptors (Lipinski definition) is 2. The van der Waals surface area contributed by atoms with E-state index in [1.165, 1.54) is 11.1 Å². The fourth-order valence-electron chi connectivity index (χ4n) is 1.99. The first-order valence-corrected chi connectivity index (χ1v) is 7.78. The Balaban J connectivity index is 1.86. The van der Waals surface area contributed by atoms with Gasteiger partial charge >= 0.3 is 0 Å². The van der Waals surface area contributed by atoms with Gasteiger partial charge in [0.05, 0.1) is 15.7 Å². The van der Waals surface area contributed by atoms with Gasteiger partial charge in [-0.3, -0.25) is 4.79 Å². The summed E-state index contributed by atoms with van der Waals surface area (Å²) in [6.07, 6.45) is 0.328. The predicted molar refractivity (Wildman–Crippen MR) is 94.1 cm³/mol. The van der Waals surface area contributed by atoms with E-state index in [4.69, 9.17) is 23.2 Å². The lowest BCUT2D eigenvalue weighted by Gasteiger charge is -2.11. The molecule has 0 radical (unpaired) electrons. The van der Waals surface area contributed by atoms with Gasteiger partial charge in [0, 0.05) is 18.7 Å². The minimum absolute atomic E-state index is 0.133. The number of anilines is 2. The third kappa shape index (κ3) is 4.39. The fraction of sp³-hybridized carbons (Fsp3) is 0.235. The van der Waals surface area contributed by atoms with Gasteiger partial charge in [-0.2, -0.15) is 0 Å². The highest BCUT2D eigenvalue weighted by Gasteiger charge is 2.09. The van der Waals surface area contributed by atoms with E-state index >= 15 is 0 Å². The molecule has 2 aromatic carbocycles. The van der Waals surface area contributed by atoms with Crippen molar-refractivity contribution in [2.45, 2.75) is 20.3 Å². The third-order valence-corrected chi connectivity index (χ3v) is 4.05. The summed E-state index contributed by atoms with van der Waals surface area (Å²) in [5, 5.41) is 6.84. The maximum atomic E-state index is 12.0. The number of rotatable bonds is 5. The summed E-state index contributed by atoms with van der Waals surface area (Å²) in [6.45, 7) is 4.67. The largest absolute Gasteiger partial charge is 0.385 e. The smallest absolute Gasteiger partial charge is 0.226 e. The molecule has 3 nitrogen and oxygen atoms in total. The topological polar surface area (TPSA) is 41.1 Å². The first-order chi connectivity index (χ1) is 10.5. The molecule has 0 atom stereocenters. The van der Waals surface area contributed by atoms with Crippen LogP contribution in [0.25, 0.3) is 0 Å². The molecule has 0 aliphatic rings. The van der Waals surface area contributed by atoms with Gasteiger partial charge in [0.2, 0.25) is 5.91 Å². The van der Waals surface area contributed by atoms with Crippen molar-refractivity contribution < 1.29 is 4.79 Å². The van der Waals surface area contributed by atoms with Gasteiger partial charge in [0.1, 0.15) is 0 Å². The van der Waals surface area contributed by atoms with Gasteiger partial charge in [0.15, 0.2) is 0 Å². The van der Waals surface area contributed by atoms with Crippen molar-refractivity contribution in [2.24, 2.45) is 0 Å². The average Bonchev–Trinajstić information content (AvgIpc) is 2.47. The van der Waals surface area contributed by atoms with E-state index in [-0.39, 0.29) is 5.91 Å². The molecule has 0 unspecified atom stereocenters. The second-order valence-electron chi connectivity index (χ2n) is 5.12. The molecule has 2 N–H and O–H groups in total. The van der Waals surface area contributed by atoms with Crippen LogP contribution in [0.4, 0.5) is 11.4 Å². The standard InChI is InChI=1S/C17H18Cl2N2O/c1-11-6-7-13(10-12(11)2)20-9-8-16(22)21-17-14(18)4-3-5-15(17)19/h3-7,10,20H,8-9H2,1-2H3,(H,21,22). The lowest BCUT2D eigenvalue weighted by Crippen LogP contribution is -2.16. The van der Waals surface area contributed by atoms with Gasteiger partial charge in [-0.15, -0.1) is 0 Å². The van der Waals surface area contributed by atoms with Crippen LogP contribution in [-0.2, 0) is 4.79 Å². The summed E-state index contributed by atoms with van der Waals surface area (Å²) in [5.74, 6) is -0.133. The maximum Gasteiger partial charge on any atom is 0.226 e. The van der Waals surface area contributed by atoms with Crippen LogP contribution in [0.1, 0.15) is 17.5 Å². The molecule has 2 aromatic rings. The van der Waals surface area contributed by atoms with E-state index in [1.54, 1.807) is 18.2 Å². The Hall–Kier alpha value is -1.71. The molecule has 0 aromatic heterocycles. The van der Waals surface area contributed by atoms with Crippen LogP contribution in [0.2, 0.25) is 10.0 Å². The number of carbonyl (C=O) groups excluding carboxylic acids is 1. The van der Waals surface area contributed by atoms with Crippen molar-refractivity contribution in [1.82, 2.24) is 0 Å². The molecule has 0 heterocycles. The predicted octanol–water partition coefficient (Wildman–Crippen LogP) is 5.05. The molecular formula is C17H18Cl2N2O. The quantitative estimate of drug-likeness (QED) is 0.801. The lowest BCUT2D eigenvalue weighted by atomic mass is 10.1. The maximum absolute atomic E-state index is 12.0. The zero-order chi connectivity index (χ0) is 16.1. The molecule has 0 saturated carbocycles. The van der Waals surface area contributed by atoms with Gasteiger partial charge < -0.3 is 10.6 Å². The van der Waals surface area contributed by atoms with E-state index in [0.717, 1.165) is 5.69 Å². The summed E-state index contributed by atoms with van der Waals surface area (Å²) in [6, 6.07) is 11.2. The highest BCUT2D eigenvalue weighted by Crippen LogP contribution is 2.29. The minimum atomic E-state index is -0.133. The number of aryl methyl sites for hydroxylation is 2. The zero-order valence-electron chi connectivity index (χ0n) is 12.5. The molecule has 116 valence electrons. The van der Waals surface area contributed by atoms with Crippen LogP contribution in [0.3, 0.4) is 0 Å².